The minimum absolute atomic E-state index is 0.218. The molecule has 0 spiro atoms. The quantitative estimate of drug-likeness (QED) is 0.456. The minimum Gasteiger partial charge on any atom is -0.375 e. The fraction of sp³-hybridized carbons (Fsp3) is 0.333. The second kappa shape index (κ2) is 0.937. The van der Waals surface area contributed by atoms with Gasteiger partial charge in [0.15, 0.2) is 0 Å². The summed E-state index contributed by atoms with van der Waals surface area (Å²) in [5, 5.41) is 3.06. The fourth-order valence-electron chi connectivity index (χ4n) is 0.175. The molecule has 0 aromatic heterocycles. The summed E-state index contributed by atoms with van der Waals surface area (Å²) < 4.78 is 0. The Morgan fingerprint density at radius 3 is 2.20 bits per heavy atom. The van der Waals surface area contributed by atoms with Gasteiger partial charge in [-0.15, -0.1) is 0 Å². The van der Waals surface area contributed by atoms with E-state index in [9.17, 15) is 0 Å². The average Bonchev–Trinajstić information content (AvgIpc) is 1.30. The van der Waals surface area contributed by atoms with E-state index >= 15 is 0 Å². The molecule has 0 bridgehead atoms. The first kappa shape index (κ1) is 3.09. The van der Waals surface area contributed by atoms with E-state index in [1.165, 1.54) is 0 Å². The van der Waals surface area contributed by atoms with Gasteiger partial charge in [-0.3, -0.25) is 0 Å². The zero-order chi connectivity index (χ0) is 3.70. The Kier molecular flexibility index (Phi) is 0.580. The molecule has 0 aromatic carbocycles. The van der Waals surface area contributed by atoms with Gasteiger partial charge < -0.3 is 5.32 Å². The first-order valence-corrected chi connectivity index (χ1v) is 1.95. The van der Waals surface area contributed by atoms with Crippen molar-refractivity contribution in [2.24, 2.45) is 0 Å². The van der Waals surface area contributed by atoms with Gasteiger partial charge >= 0.3 is 0 Å². The second-order valence-corrected chi connectivity index (χ2v) is 1.45. The van der Waals surface area contributed by atoms with Crippen molar-refractivity contribution in [3.63, 3.8) is 0 Å². The van der Waals surface area contributed by atoms with Crippen LogP contribution in [0.4, 0.5) is 0 Å². The first-order valence-electron chi connectivity index (χ1n) is 1.48. The normalized spacial score (nSPS) is 31.8. The Balaban J connectivity index is 2.39. The lowest BCUT2D eigenvalue weighted by molar-refractivity contribution is 0.849. The average molecular weight is 86.1 g/mol. The molecule has 2 heteroatoms. The molecule has 1 atom stereocenters. The van der Waals surface area contributed by atoms with Crippen LogP contribution in [0.15, 0.2) is 12.3 Å². The minimum atomic E-state index is 0.218. The monoisotopic (exact) mass is 86.0 g/mol. The molecule has 0 fully saturated rings. The van der Waals surface area contributed by atoms with Crippen LogP contribution in [0.2, 0.25) is 0 Å². The second-order valence-electron chi connectivity index (χ2n) is 0.946. The van der Waals surface area contributed by atoms with E-state index < -0.39 is 0 Å². The van der Waals surface area contributed by atoms with Crippen LogP contribution in [-0.4, -0.2) is 5.37 Å². The smallest absolute Gasteiger partial charge is 0.102 e. The van der Waals surface area contributed by atoms with Gasteiger partial charge in [0, 0.05) is 0 Å². The number of hydrogen-bond acceptors (Lipinski definition) is 1. The molecule has 1 aliphatic heterocycles. The lowest BCUT2D eigenvalue weighted by atomic mass is 10.5. The maximum atomic E-state index is 4.67. The van der Waals surface area contributed by atoms with Gasteiger partial charge in [-0.05, 0) is 12.3 Å². The van der Waals surface area contributed by atoms with E-state index in [1.54, 1.807) is 0 Å². The van der Waals surface area contributed by atoms with Gasteiger partial charge in [-0.1, -0.05) is 12.6 Å². The first-order chi connectivity index (χ1) is 2.39. The van der Waals surface area contributed by atoms with Crippen molar-refractivity contribution in [2.75, 3.05) is 0 Å². The van der Waals surface area contributed by atoms with Crippen LogP contribution >= 0.6 is 12.6 Å². The third-order valence-electron chi connectivity index (χ3n) is 0.532. The standard InChI is InChI=1S/C3H4NS/c5-3-1-2-4-3/h1-4H. The Bertz CT molecular complexity index is 59.9. The van der Waals surface area contributed by atoms with Crippen LogP contribution in [-0.2, 0) is 0 Å². The van der Waals surface area contributed by atoms with Gasteiger partial charge in [-0.2, -0.15) is 0 Å². The molecule has 0 saturated carbocycles. The zero-order valence-electron chi connectivity index (χ0n) is 2.64. The molecule has 0 aromatic rings. The van der Waals surface area contributed by atoms with Crippen molar-refractivity contribution in [3.8, 4) is 0 Å². The highest BCUT2D eigenvalue weighted by Crippen LogP contribution is 1.97. The predicted molar refractivity (Wildman–Crippen MR) is 23.7 cm³/mol. The summed E-state index contributed by atoms with van der Waals surface area (Å²) in [7, 11) is 0. The number of rotatable bonds is 0. The molecular weight excluding hydrogens is 82.1 g/mol. The molecule has 1 rings (SSSR count). The topological polar surface area (TPSA) is 12.0 Å². The summed E-state index contributed by atoms with van der Waals surface area (Å²) in [6, 6.07) is 0. The molecular formula is C3H4NS. The van der Waals surface area contributed by atoms with Crippen molar-refractivity contribution in [1.82, 2.24) is 5.32 Å². The third kappa shape index (κ3) is 0.401. The van der Waals surface area contributed by atoms with E-state index in [2.05, 4.69) is 17.9 Å². The van der Waals surface area contributed by atoms with E-state index in [0.717, 1.165) is 0 Å². The molecule has 0 amide bonds. The molecule has 0 aliphatic carbocycles. The van der Waals surface area contributed by atoms with E-state index in [4.69, 9.17) is 0 Å². The van der Waals surface area contributed by atoms with E-state index in [0.29, 0.717) is 0 Å². The maximum absolute atomic E-state index is 4.67. The zero-order valence-corrected chi connectivity index (χ0v) is 3.46. The Labute approximate surface area is 36.5 Å². The van der Waals surface area contributed by atoms with Crippen LogP contribution in [0.25, 0.3) is 0 Å². The largest absolute Gasteiger partial charge is 0.375 e. The summed E-state index contributed by atoms with van der Waals surface area (Å²) in [4.78, 5) is 0. The predicted octanol–water partition coefficient (Wildman–Crippen LogP) is 0.627. The lowest BCUT2D eigenvalue weighted by Gasteiger charge is -2.10. The number of hydrogen-bond donors (Lipinski definition) is 1. The Hall–Kier alpha value is -0.110. The van der Waals surface area contributed by atoms with Crippen molar-refractivity contribution in [3.05, 3.63) is 12.3 Å². The van der Waals surface area contributed by atoms with E-state index in [-0.39, 0.29) is 5.37 Å². The lowest BCUT2D eigenvalue weighted by Crippen LogP contribution is -2.23. The Morgan fingerprint density at radius 1 is 1.80 bits per heavy atom. The molecule has 1 radical (unpaired) electrons. The molecule has 1 nitrogen and oxygen atoms in total. The van der Waals surface area contributed by atoms with Crippen LogP contribution in [0.5, 0.6) is 0 Å². The molecule has 27 valence electrons. The SMILES string of the molecule is [S]C1C=CN1. The Morgan fingerprint density at radius 2 is 2.20 bits per heavy atom. The molecule has 1 aliphatic rings. The van der Waals surface area contributed by atoms with Crippen molar-refractivity contribution in [1.29, 1.82) is 0 Å². The highest BCUT2D eigenvalue weighted by molar-refractivity contribution is 7.81. The van der Waals surface area contributed by atoms with Gasteiger partial charge in [0.1, 0.15) is 5.37 Å². The highest BCUT2D eigenvalue weighted by Gasteiger charge is 1.98. The number of nitrogens with one attached hydrogen (secondary N) is 1. The summed E-state index contributed by atoms with van der Waals surface area (Å²) >= 11 is 4.67. The van der Waals surface area contributed by atoms with Gasteiger partial charge in [0.25, 0.3) is 0 Å². The summed E-state index contributed by atoms with van der Waals surface area (Å²) in [5.41, 5.74) is 0. The molecule has 1 N–H and O–H groups in total. The summed E-state index contributed by atoms with van der Waals surface area (Å²) in [6.45, 7) is 0. The highest BCUT2D eigenvalue weighted by atomic mass is 32.1. The van der Waals surface area contributed by atoms with Crippen LogP contribution in [0.3, 0.4) is 0 Å². The fourth-order valence-corrected chi connectivity index (χ4v) is 0.332. The molecule has 5 heavy (non-hydrogen) atoms. The van der Waals surface area contributed by atoms with Crippen molar-refractivity contribution in [2.45, 2.75) is 5.37 Å². The third-order valence-corrected chi connectivity index (χ3v) is 0.825. The van der Waals surface area contributed by atoms with Crippen LogP contribution in [0.1, 0.15) is 0 Å². The summed E-state index contributed by atoms with van der Waals surface area (Å²) in [6.07, 6.45) is 3.77. The van der Waals surface area contributed by atoms with Crippen LogP contribution in [0, 0.1) is 0 Å². The molecule has 1 heterocycles. The van der Waals surface area contributed by atoms with Crippen LogP contribution < -0.4 is 5.32 Å². The van der Waals surface area contributed by atoms with Crippen molar-refractivity contribution >= 4 is 12.6 Å². The van der Waals surface area contributed by atoms with Gasteiger partial charge in [0.2, 0.25) is 0 Å². The van der Waals surface area contributed by atoms with Gasteiger partial charge in [-0.25, -0.2) is 0 Å². The van der Waals surface area contributed by atoms with E-state index in [1.807, 2.05) is 12.3 Å². The van der Waals surface area contributed by atoms with Gasteiger partial charge in [0.05, 0.1) is 0 Å². The summed E-state index contributed by atoms with van der Waals surface area (Å²) in [5.74, 6) is 0. The molecule has 0 saturated heterocycles. The van der Waals surface area contributed by atoms with Crippen molar-refractivity contribution < 1.29 is 0 Å². The maximum Gasteiger partial charge on any atom is 0.102 e. The molecule has 1 unspecified atom stereocenters.